The molecule has 3 unspecified atom stereocenters. The molecule has 0 bridgehead atoms. The van der Waals surface area contributed by atoms with Gasteiger partial charge < -0.3 is 4.90 Å². The number of benzene rings is 1. The van der Waals surface area contributed by atoms with Crippen LogP contribution in [-0.4, -0.2) is 24.3 Å². The van der Waals surface area contributed by atoms with Crippen LogP contribution >= 0.6 is 11.6 Å². The monoisotopic (exact) mass is 411 g/mol. The van der Waals surface area contributed by atoms with Gasteiger partial charge in [0.15, 0.2) is 5.78 Å². The van der Waals surface area contributed by atoms with Crippen molar-refractivity contribution < 1.29 is 4.79 Å². The lowest BCUT2D eigenvalue weighted by Crippen LogP contribution is -2.56. The summed E-state index contributed by atoms with van der Waals surface area (Å²) in [6, 6.07) is 8.49. The third-order valence-electron chi connectivity index (χ3n) is 9.22. The first kappa shape index (κ1) is 19.7. The molecule has 0 aromatic heterocycles. The average Bonchev–Trinajstić information content (AvgIpc) is 3.01. The van der Waals surface area contributed by atoms with Gasteiger partial charge in [-0.05, 0) is 85.3 Å². The van der Waals surface area contributed by atoms with Crippen LogP contribution in [0, 0.1) is 34.5 Å². The molecule has 1 heterocycles. The fourth-order valence-corrected chi connectivity index (χ4v) is 8.01. The second-order valence-electron chi connectivity index (χ2n) is 11.0. The van der Waals surface area contributed by atoms with Gasteiger partial charge in [-0.2, -0.15) is 0 Å². The number of likely N-dealkylation sites (tertiary alicyclic amines) is 1. The minimum Gasteiger partial charge on any atom is -0.377 e. The van der Waals surface area contributed by atoms with Gasteiger partial charge in [0, 0.05) is 42.2 Å². The highest BCUT2D eigenvalue weighted by atomic mass is 35.5. The third-order valence-corrected chi connectivity index (χ3v) is 9.48. The van der Waals surface area contributed by atoms with E-state index < -0.39 is 0 Å². The number of halogens is 1. The number of piperidine rings is 1. The van der Waals surface area contributed by atoms with Gasteiger partial charge in [-0.3, -0.25) is 4.79 Å². The zero-order chi connectivity index (χ0) is 20.4. The number of carbonyl (C=O) groups excluding carboxylic acids is 1. The molecule has 156 valence electrons. The number of hydrogen-bond acceptors (Lipinski definition) is 2. The van der Waals surface area contributed by atoms with Crippen LogP contribution in [0.5, 0.6) is 0 Å². The molecule has 29 heavy (non-hydrogen) atoms. The van der Waals surface area contributed by atoms with Gasteiger partial charge in [-0.1, -0.05) is 37.6 Å². The fraction of sp³-hybridized carbons (Fsp3) is 0.654. The summed E-state index contributed by atoms with van der Waals surface area (Å²) < 4.78 is 0. The predicted octanol–water partition coefficient (Wildman–Crippen LogP) is 6.14. The van der Waals surface area contributed by atoms with Gasteiger partial charge in [0.25, 0.3) is 0 Å². The highest BCUT2D eigenvalue weighted by molar-refractivity contribution is 6.30. The maximum Gasteiger partial charge on any atom is 0.157 e. The molecule has 0 N–H and O–H groups in total. The Labute approximate surface area is 180 Å². The summed E-state index contributed by atoms with van der Waals surface area (Å²) in [5.41, 5.74) is 3.44. The first-order valence-electron chi connectivity index (χ1n) is 11.5. The zero-order valence-electron chi connectivity index (χ0n) is 18.1. The molecular formula is C26H34ClNO. The topological polar surface area (TPSA) is 20.3 Å². The predicted molar refractivity (Wildman–Crippen MR) is 119 cm³/mol. The van der Waals surface area contributed by atoms with E-state index in [1.807, 2.05) is 18.2 Å². The number of fused-ring (bicyclic) bond motifs is 5. The Bertz CT molecular complexity index is 845. The van der Waals surface area contributed by atoms with E-state index in [1.165, 1.54) is 43.4 Å². The van der Waals surface area contributed by atoms with Crippen molar-refractivity contribution in [1.82, 2.24) is 4.90 Å². The molecular weight excluding hydrogens is 378 g/mol. The summed E-state index contributed by atoms with van der Waals surface area (Å²) in [6.45, 7) is 6.17. The lowest BCUT2D eigenvalue weighted by molar-refractivity contribution is -0.118. The summed E-state index contributed by atoms with van der Waals surface area (Å²) in [4.78, 5) is 14.6. The lowest BCUT2D eigenvalue weighted by atomic mass is 9.50. The molecule has 1 aromatic carbocycles. The van der Waals surface area contributed by atoms with Gasteiger partial charge in [0.1, 0.15) is 0 Å². The van der Waals surface area contributed by atoms with Crippen molar-refractivity contribution in [1.29, 1.82) is 0 Å². The summed E-state index contributed by atoms with van der Waals surface area (Å²) in [5.74, 6) is 3.44. The number of carbonyl (C=O) groups is 1. The van der Waals surface area contributed by atoms with Crippen LogP contribution in [-0.2, 0) is 11.2 Å². The minimum absolute atomic E-state index is 0.196. The van der Waals surface area contributed by atoms with Crippen LogP contribution in [0.4, 0.5) is 0 Å². The highest BCUT2D eigenvalue weighted by Crippen LogP contribution is 2.64. The van der Waals surface area contributed by atoms with E-state index in [9.17, 15) is 4.79 Å². The second-order valence-corrected chi connectivity index (χ2v) is 11.4. The Morgan fingerprint density at radius 1 is 1.14 bits per heavy atom. The minimum atomic E-state index is 0.196. The number of ketones is 1. The second kappa shape index (κ2) is 6.87. The lowest BCUT2D eigenvalue weighted by Gasteiger charge is -2.59. The van der Waals surface area contributed by atoms with Crippen molar-refractivity contribution in [3.05, 3.63) is 46.6 Å². The van der Waals surface area contributed by atoms with E-state index in [-0.39, 0.29) is 5.41 Å². The van der Waals surface area contributed by atoms with Crippen molar-refractivity contribution in [2.24, 2.45) is 34.5 Å². The quantitative estimate of drug-likeness (QED) is 0.582. The Kier molecular flexibility index (Phi) is 4.66. The maximum atomic E-state index is 12.1. The first-order chi connectivity index (χ1) is 13.8. The van der Waals surface area contributed by atoms with Gasteiger partial charge in [-0.15, -0.1) is 0 Å². The Balaban J connectivity index is 1.39. The summed E-state index contributed by atoms with van der Waals surface area (Å²) >= 11 is 6.09. The fourth-order valence-electron chi connectivity index (χ4n) is 7.89. The van der Waals surface area contributed by atoms with E-state index in [1.54, 1.807) is 0 Å². The SMILES string of the molecule is CN1CC2C3C[C@H](Cc4ccc(Cl)cc4)C[C@@]3(C)CCC2[C@@]2(C)CCC(=O)C=C12. The van der Waals surface area contributed by atoms with E-state index in [0.717, 1.165) is 48.1 Å². The van der Waals surface area contributed by atoms with Crippen LogP contribution in [0.2, 0.25) is 5.02 Å². The van der Waals surface area contributed by atoms with Crippen molar-refractivity contribution in [3.8, 4) is 0 Å². The van der Waals surface area contributed by atoms with E-state index in [0.29, 0.717) is 11.2 Å². The van der Waals surface area contributed by atoms with E-state index >= 15 is 0 Å². The molecule has 2 nitrogen and oxygen atoms in total. The van der Waals surface area contributed by atoms with Crippen LogP contribution in [0.25, 0.3) is 0 Å². The number of allylic oxidation sites excluding steroid dienone is 2. The molecule has 0 amide bonds. The van der Waals surface area contributed by atoms with Gasteiger partial charge in [0.2, 0.25) is 0 Å². The van der Waals surface area contributed by atoms with E-state index in [2.05, 4.69) is 37.9 Å². The zero-order valence-corrected chi connectivity index (χ0v) is 18.8. The molecule has 6 atom stereocenters. The normalized spacial score (nSPS) is 41.4. The van der Waals surface area contributed by atoms with Crippen LogP contribution < -0.4 is 0 Å². The molecule has 0 spiro atoms. The van der Waals surface area contributed by atoms with Crippen molar-refractivity contribution in [2.45, 2.75) is 58.8 Å². The molecule has 2 saturated carbocycles. The van der Waals surface area contributed by atoms with Crippen LogP contribution in [0.1, 0.15) is 57.9 Å². The molecule has 1 saturated heterocycles. The van der Waals surface area contributed by atoms with Gasteiger partial charge in [-0.25, -0.2) is 0 Å². The smallest absolute Gasteiger partial charge is 0.157 e. The Morgan fingerprint density at radius 3 is 2.66 bits per heavy atom. The molecule has 1 aliphatic heterocycles. The summed E-state index contributed by atoms with van der Waals surface area (Å²) in [5, 5.41) is 0.831. The average molecular weight is 412 g/mol. The van der Waals surface area contributed by atoms with Crippen molar-refractivity contribution >= 4 is 17.4 Å². The molecule has 0 radical (unpaired) electrons. The van der Waals surface area contributed by atoms with Crippen molar-refractivity contribution in [3.63, 3.8) is 0 Å². The van der Waals surface area contributed by atoms with Crippen molar-refractivity contribution in [2.75, 3.05) is 13.6 Å². The molecule has 3 aliphatic carbocycles. The number of rotatable bonds is 2. The Hall–Kier alpha value is -1.28. The van der Waals surface area contributed by atoms with Gasteiger partial charge >= 0.3 is 0 Å². The molecule has 5 rings (SSSR count). The number of hydrogen-bond donors (Lipinski definition) is 0. The highest BCUT2D eigenvalue weighted by Gasteiger charge is 2.58. The standard InChI is InChI=1S/C26H34ClNO/c1-25-10-9-22-21(16-28(3)24-14-20(29)8-11-26(22,24)2)23(25)13-18(15-25)12-17-4-6-19(27)7-5-17/h4-7,14,18,21-23H,8-13,15-16H2,1-3H3/t18-,21?,22?,23?,25+,26+/m0/s1. The summed E-state index contributed by atoms with van der Waals surface area (Å²) in [6.07, 6.45) is 10.4. The molecule has 3 fully saturated rings. The molecule has 1 aromatic rings. The van der Waals surface area contributed by atoms with Gasteiger partial charge in [0.05, 0.1) is 0 Å². The maximum absolute atomic E-state index is 12.1. The largest absolute Gasteiger partial charge is 0.377 e. The first-order valence-corrected chi connectivity index (χ1v) is 11.9. The molecule has 3 heteroatoms. The molecule has 4 aliphatic rings. The van der Waals surface area contributed by atoms with Crippen LogP contribution in [0.3, 0.4) is 0 Å². The van der Waals surface area contributed by atoms with E-state index in [4.69, 9.17) is 11.6 Å². The third kappa shape index (κ3) is 3.17. The Morgan fingerprint density at radius 2 is 1.90 bits per heavy atom. The number of nitrogens with zero attached hydrogens (tertiary/aromatic N) is 1. The van der Waals surface area contributed by atoms with Crippen LogP contribution in [0.15, 0.2) is 36.0 Å². The summed E-state index contributed by atoms with van der Waals surface area (Å²) in [7, 11) is 2.23.